The molecule has 4 nitrogen and oxygen atoms in total. The van der Waals surface area contributed by atoms with Gasteiger partial charge in [0, 0.05) is 5.56 Å². The van der Waals surface area contributed by atoms with Gasteiger partial charge in [0.2, 0.25) is 0 Å². The van der Waals surface area contributed by atoms with E-state index < -0.39 is 0 Å². The average Bonchev–Trinajstić information content (AvgIpc) is 2.56. The Labute approximate surface area is 149 Å². The molecule has 0 bridgehead atoms. The van der Waals surface area contributed by atoms with Crippen molar-refractivity contribution in [3.05, 3.63) is 63.7 Å². The second-order valence-corrected chi connectivity index (χ2v) is 6.52. The van der Waals surface area contributed by atoms with Gasteiger partial charge in [0.1, 0.15) is 12.0 Å². The first kappa shape index (κ1) is 18.7. The van der Waals surface area contributed by atoms with E-state index >= 15 is 0 Å². The van der Waals surface area contributed by atoms with Crippen molar-refractivity contribution in [2.24, 2.45) is 0 Å². The van der Waals surface area contributed by atoms with Crippen LogP contribution >= 0.6 is 0 Å². The van der Waals surface area contributed by atoms with Crippen LogP contribution < -0.4 is 10.1 Å². The summed E-state index contributed by atoms with van der Waals surface area (Å²) < 4.78 is 5.68. The molecule has 25 heavy (non-hydrogen) atoms. The summed E-state index contributed by atoms with van der Waals surface area (Å²) in [6.07, 6.45) is 0.807. The number of carbonyl (C=O) groups excluding carboxylic acids is 2. The zero-order valence-corrected chi connectivity index (χ0v) is 15.5. The Balaban J connectivity index is 1.99. The number of rotatable bonds is 6. The van der Waals surface area contributed by atoms with E-state index in [2.05, 4.69) is 31.3 Å². The number of ether oxygens (including phenoxy) is 1. The third-order valence-electron chi connectivity index (χ3n) is 4.37. The molecule has 1 amide bonds. The molecule has 2 aromatic rings. The van der Waals surface area contributed by atoms with Gasteiger partial charge in [-0.15, -0.1) is 0 Å². The molecule has 0 saturated carbocycles. The summed E-state index contributed by atoms with van der Waals surface area (Å²) in [4.78, 5) is 23.1. The largest absolute Gasteiger partial charge is 0.483 e. The molecule has 0 aliphatic heterocycles. The maximum atomic E-state index is 12.2. The van der Waals surface area contributed by atoms with Crippen molar-refractivity contribution in [2.45, 2.75) is 40.7 Å². The average molecular weight is 339 g/mol. The van der Waals surface area contributed by atoms with E-state index in [0.717, 1.165) is 23.0 Å². The predicted octanol–water partition coefficient (Wildman–Crippen LogP) is 3.99. The lowest BCUT2D eigenvalue weighted by molar-refractivity contribution is -0.123. The normalized spacial score (nSPS) is 11.7. The first-order chi connectivity index (χ1) is 11.8. The van der Waals surface area contributed by atoms with Crippen LogP contribution in [-0.4, -0.2) is 18.8 Å². The fourth-order valence-electron chi connectivity index (χ4n) is 2.82. The van der Waals surface area contributed by atoms with E-state index in [9.17, 15) is 9.59 Å². The predicted molar refractivity (Wildman–Crippen MR) is 99.3 cm³/mol. The lowest BCUT2D eigenvalue weighted by atomic mass is 10.0. The monoisotopic (exact) mass is 339 g/mol. The second-order valence-electron chi connectivity index (χ2n) is 6.52. The van der Waals surface area contributed by atoms with Gasteiger partial charge in [-0.3, -0.25) is 9.59 Å². The highest BCUT2D eigenvalue weighted by Crippen LogP contribution is 2.24. The molecule has 2 aromatic carbocycles. The zero-order chi connectivity index (χ0) is 18.6. The van der Waals surface area contributed by atoms with Gasteiger partial charge in [0.15, 0.2) is 6.61 Å². The van der Waals surface area contributed by atoms with E-state index in [-0.39, 0.29) is 18.6 Å². The topological polar surface area (TPSA) is 55.4 Å². The van der Waals surface area contributed by atoms with E-state index in [4.69, 9.17) is 4.74 Å². The van der Waals surface area contributed by atoms with Gasteiger partial charge in [-0.05, 0) is 74.6 Å². The number of hydrogen-bond donors (Lipinski definition) is 1. The van der Waals surface area contributed by atoms with Crippen LogP contribution in [0.1, 0.15) is 51.1 Å². The number of aldehydes is 1. The smallest absolute Gasteiger partial charge is 0.258 e. The summed E-state index contributed by atoms with van der Waals surface area (Å²) in [5, 5.41) is 2.95. The molecule has 0 saturated heterocycles. The van der Waals surface area contributed by atoms with Gasteiger partial charge < -0.3 is 10.1 Å². The number of hydrogen-bond acceptors (Lipinski definition) is 3. The fourth-order valence-corrected chi connectivity index (χ4v) is 2.82. The summed E-state index contributed by atoms with van der Waals surface area (Å²) in [5.74, 6) is 0.476. The van der Waals surface area contributed by atoms with Gasteiger partial charge >= 0.3 is 0 Å². The number of nitrogens with one attached hydrogen (secondary N) is 1. The molecular formula is C21H25NO3. The summed E-state index contributed by atoms with van der Waals surface area (Å²) in [6, 6.07) is 9.60. The van der Waals surface area contributed by atoms with E-state index in [1.165, 1.54) is 11.1 Å². The van der Waals surface area contributed by atoms with Gasteiger partial charge in [-0.25, -0.2) is 0 Å². The van der Waals surface area contributed by atoms with Crippen LogP contribution in [0.3, 0.4) is 0 Å². The molecule has 1 N–H and O–H groups in total. The van der Waals surface area contributed by atoms with E-state index in [1.54, 1.807) is 12.1 Å². The Morgan fingerprint density at radius 1 is 1.04 bits per heavy atom. The minimum absolute atomic E-state index is 0.0582. The van der Waals surface area contributed by atoms with Crippen LogP contribution in [0.25, 0.3) is 0 Å². The van der Waals surface area contributed by atoms with Crippen molar-refractivity contribution < 1.29 is 14.3 Å². The van der Waals surface area contributed by atoms with Gasteiger partial charge in [0.05, 0.1) is 6.04 Å². The highest BCUT2D eigenvalue weighted by Gasteiger charge is 2.13. The Morgan fingerprint density at radius 2 is 1.68 bits per heavy atom. The number of carbonyl (C=O) groups is 2. The standard InChI is InChI=1S/C21H25NO3/c1-13-6-7-19(10-14(13)2)17(5)22-20(24)12-25-21-15(3)8-18(11-23)9-16(21)4/h6-11,17H,12H2,1-5H3,(H,22,24). The van der Waals surface area contributed by atoms with E-state index in [0.29, 0.717) is 11.3 Å². The molecular weight excluding hydrogens is 314 g/mol. The quantitative estimate of drug-likeness (QED) is 0.810. The maximum Gasteiger partial charge on any atom is 0.258 e. The lowest BCUT2D eigenvalue weighted by Gasteiger charge is -2.17. The Kier molecular flexibility index (Phi) is 5.97. The van der Waals surface area contributed by atoms with Crippen molar-refractivity contribution >= 4 is 12.2 Å². The fraction of sp³-hybridized carbons (Fsp3) is 0.333. The maximum absolute atomic E-state index is 12.2. The van der Waals surface area contributed by atoms with Crippen LogP contribution in [0.15, 0.2) is 30.3 Å². The molecule has 0 aliphatic rings. The van der Waals surface area contributed by atoms with Gasteiger partial charge in [-0.1, -0.05) is 18.2 Å². The van der Waals surface area contributed by atoms with Crippen LogP contribution in [0.2, 0.25) is 0 Å². The van der Waals surface area contributed by atoms with Crippen LogP contribution in [0.5, 0.6) is 5.75 Å². The minimum Gasteiger partial charge on any atom is -0.483 e. The summed E-state index contributed by atoms with van der Waals surface area (Å²) in [5.41, 5.74) is 5.80. The number of benzene rings is 2. The van der Waals surface area contributed by atoms with Gasteiger partial charge in [-0.2, -0.15) is 0 Å². The van der Waals surface area contributed by atoms with E-state index in [1.807, 2.05) is 26.8 Å². The van der Waals surface area contributed by atoms with Crippen LogP contribution in [-0.2, 0) is 4.79 Å². The molecule has 0 fully saturated rings. The molecule has 0 radical (unpaired) electrons. The molecule has 0 aromatic heterocycles. The SMILES string of the molecule is Cc1ccc(C(C)NC(=O)COc2c(C)cc(C=O)cc2C)cc1C. The van der Waals surface area contributed by atoms with Crippen LogP contribution in [0.4, 0.5) is 0 Å². The zero-order valence-electron chi connectivity index (χ0n) is 15.5. The molecule has 132 valence electrons. The molecule has 1 atom stereocenters. The molecule has 0 heterocycles. The van der Waals surface area contributed by atoms with Crippen molar-refractivity contribution in [3.63, 3.8) is 0 Å². The van der Waals surface area contributed by atoms with Crippen molar-refractivity contribution in [3.8, 4) is 5.75 Å². The summed E-state index contributed by atoms with van der Waals surface area (Å²) in [6.45, 7) is 9.76. The van der Waals surface area contributed by atoms with Gasteiger partial charge in [0.25, 0.3) is 5.91 Å². The molecule has 0 aliphatic carbocycles. The Morgan fingerprint density at radius 3 is 2.24 bits per heavy atom. The lowest BCUT2D eigenvalue weighted by Crippen LogP contribution is -2.31. The van der Waals surface area contributed by atoms with Crippen molar-refractivity contribution in [2.75, 3.05) is 6.61 Å². The molecule has 4 heteroatoms. The summed E-state index contributed by atoms with van der Waals surface area (Å²) >= 11 is 0. The van der Waals surface area contributed by atoms with Crippen molar-refractivity contribution in [1.82, 2.24) is 5.32 Å². The minimum atomic E-state index is -0.177. The van der Waals surface area contributed by atoms with Crippen molar-refractivity contribution in [1.29, 1.82) is 0 Å². The first-order valence-corrected chi connectivity index (χ1v) is 8.37. The molecule has 1 unspecified atom stereocenters. The Hall–Kier alpha value is -2.62. The molecule has 2 rings (SSSR count). The number of amides is 1. The van der Waals surface area contributed by atoms with Crippen LogP contribution in [0, 0.1) is 27.7 Å². The third kappa shape index (κ3) is 4.69. The molecule has 0 spiro atoms. The first-order valence-electron chi connectivity index (χ1n) is 8.37. The second kappa shape index (κ2) is 7.97. The Bertz CT molecular complexity index is 773. The highest BCUT2D eigenvalue weighted by atomic mass is 16.5. The highest BCUT2D eigenvalue weighted by molar-refractivity contribution is 5.79. The number of aryl methyl sites for hydroxylation is 4. The third-order valence-corrected chi connectivity index (χ3v) is 4.37. The summed E-state index contributed by atoms with van der Waals surface area (Å²) in [7, 11) is 0.